The third kappa shape index (κ3) is 3.85. The Kier molecular flexibility index (Phi) is 5.52. The summed E-state index contributed by atoms with van der Waals surface area (Å²) < 4.78 is 0. The molecule has 1 heterocycles. The normalized spacial score (nSPS) is 24.6. The van der Waals surface area contributed by atoms with Gasteiger partial charge in [-0.2, -0.15) is 0 Å². The minimum absolute atomic E-state index is 0.233. The van der Waals surface area contributed by atoms with Gasteiger partial charge in [0.25, 0.3) is 0 Å². The molecule has 0 amide bonds. The summed E-state index contributed by atoms with van der Waals surface area (Å²) in [4.78, 5) is 2.43. The van der Waals surface area contributed by atoms with E-state index in [1.807, 2.05) is 12.1 Å². The first-order chi connectivity index (χ1) is 9.11. The van der Waals surface area contributed by atoms with Crippen molar-refractivity contribution in [2.75, 3.05) is 19.6 Å². The second-order valence-electron chi connectivity index (χ2n) is 5.33. The Balaban J connectivity index is 2.05. The zero-order valence-corrected chi connectivity index (χ0v) is 12.8. The van der Waals surface area contributed by atoms with E-state index in [-0.39, 0.29) is 12.0 Å². The standard InChI is InChI=1S/C15H21Cl2NO/c1-2-7-18-8-6-14(19)12(10-18)9-11-4-3-5-13(16)15(11)17/h3-5,12,14,19H,2,6-10H2,1H3. The van der Waals surface area contributed by atoms with Crippen molar-refractivity contribution in [3.05, 3.63) is 33.8 Å². The summed E-state index contributed by atoms with van der Waals surface area (Å²) in [6, 6.07) is 5.72. The van der Waals surface area contributed by atoms with Gasteiger partial charge in [0.1, 0.15) is 0 Å². The molecule has 1 fully saturated rings. The highest BCUT2D eigenvalue weighted by atomic mass is 35.5. The Labute approximate surface area is 125 Å². The van der Waals surface area contributed by atoms with Crippen molar-refractivity contribution in [2.24, 2.45) is 5.92 Å². The van der Waals surface area contributed by atoms with Gasteiger partial charge in [0.2, 0.25) is 0 Å². The van der Waals surface area contributed by atoms with Crippen molar-refractivity contribution in [1.29, 1.82) is 0 Å². The molecule has 2 rings (SSSR count). The third-order valence-electron chi connectivity index (χ3n) is 3.83. The highest BCUT2D eigenvalue weighted by Crippen LogP contribution is 2.29. The summed E-state index contributed by atoms with van der Waals surface area (Å²) in [5, 5.41) is 11.4. The van der Waals surface area contributed by atoms with E-state index in [0.717, 1.165) is 44.5 Å². The molecular formula is C15H21Cl2NO. The largest absolute Gasteiger partial charge is 0.393 e. The summed E-state index contributed by atoms with van der Waals surface area (Å²) in [6.07, 6.45) is 2.56. The first-order valence-corrected chi connectivity index (χ1v) is 7.70. The lowest BCUT2D eigenvalue weighted by atomic mass is 9.88. The number of nitrogens with zero attached hydrogens (tertiary/aromatic N) is 1. The van der Waals surface area contributed by atoms with E-state index in [1.165, 1.54) is 0 Å². The van der Waals surface area contributed by atoms with Gasteiger partial charge in [-0.05, 0) is 37.4 Å². The minimum Gasteiger partial charge on any atom is -0.393 e. The molecule has 0 spiro atoms. The molecule has 0 bridgehead atoms. The molecule has 0 radical (unpaired) electrons. The molecule has 0 saturated carbocycles. The number of halogens is 2. The van der Waals surface area contributed by atoms with Crippen molar-refractivity contribution < 1.29 is 5.11 Å². The Bertz CT molecular complexity index is 425. The number of likely N-dealkylation sites (tertiary alicyclic amines) is 1. The van der Waals surface area contributed by atoms with E-state index < -0.39 is 0 Å². The summed E-state index contributed by atoms with van der Waals surface area (Å²) in [6.45, 7) is 5.23. The van der Waals surface area contributed by atoms with Gasteiger partial charge in [-0.1, -0.05) is 42.3 Å². The smallest absolute Gasteiger partial charge is 0.0624 e. The number of piperidine rings is 1. The zero-order chi connectivity index (χ0) is 13.8. The number of rotatable bonds is 4. The van der Waals surface area contributed by atoms with Crippen molar-refractivity contribution in [1.82, 2.24) is 4.90 Å². The van der Waals surface area contributed by atoms with Crippen molar-refractivity contribution in [2.45, 2.75) is 32.3 Å². The maximum absolute atomic E-state index is 10.2. The number of benzene rings is 1. The highest BCUT2D eigenvalue weighted by Gasteiger charge is 2.28. The lowest BCUT2D eigenvalue weighted by molar-refractivity contribution is 0.0270. The fourth-order valence-corrected chi connectivity index (χ4v) is 3.20. The second kappa shape index (κ2) is 6.94. The van der Waals surface area contributed by atoms with Gasteiger partial charge in [-0.25, -0.2) is 0 Å². The summed E-state index contributed by atoms with van der Waals surface area (Å²) in [5.41, 5.74) is 1.04. The monoisotopic (exact) mass is 301 g/mol. The Morgan fingerprint density at radius 1 is 1.37 bits per heavy atom. The van der Waals surface area contributed by atoms with E-state index in [2.05, 4.69) is 11.8 Å². The molecule has 0 aromatic heterocycles. The molecule has 1 saturated heterocycles. The quantitative estimate of drug-likeness (QED) is 0.918. The summed E-state index contributed by atoms with van der Waals surface area (Å²) in [7, 11) is 0. The van der Waals surface area contributed by atoms with E-state index in [0.29, 0.717) is 10.0 Å². The summed E-state index contributed by atoms with van der Waals surface area (Å²) >= 11 is 12.3. The van der Waals surface area contributed by atoms with Crippen LogP contribution in [0.4, 0.5) is 0 Å². The molecular weight excluding hydrogens is 281 g/mol. The van der Waals surface area contributed by atoms with Gasteiger partial charge < -0.3 is 10.0 Å². The van der Waals surface area contributed by atoms with Crippen LogP contribution in [0, 0.1) is 5.92 Å². The van der Waals surface area contributed by atoms with Gasteiger partial charge in [0.15, 0.2) is 0 Å². The SMILES string of the molecule is CCCN1CCC(O)C(Cc2cccc(Cl)c2Cl)C1. The average molecular weight is 302 g/mol. The third-order valence-corrected chi connectivity index (χ3v) is 4.69. The van der Waals surface area contributed by atoms with Gasteiger partial charge >= 0.3 is 0 Å². The van der Waals surface area contributed by atoms with Crippen LogP contribution in [-0.4, -0.2) is 35.7 Å². The van der Waals surface area contributed by atoms with Crippen LogP contribution in [0.5, 0.6) is 0 Å². The fraction of sp³-hybridized carbons (Fsp3) is 0.600. The number of aliphatic hydroxyl groups is 1. The van der Waals surface area contributed by atoms with Crippen LogP contribution < -0.4 is 0 Å². The first kappa shape index (κ1) is 15.1. The number of hydrogen-bond donors (Lipinski definition) is 1. The number of hydrogen-bond acceptors (Lipinski definition) is 2. The van der Waals surface area contributed by atoms with Gasteiger partial charge in [0, 0.05) is 19.0 Å². The predicted octanol–water partition coefficient (Wildman–Crippen LogP) is 3.63. The molecule has 2 atom stereocenters. The van der Waals surface area contributed by atoms with Crippen LogP contribution in [0.2, 0.25) is 10.0 Å². The molecule has 1 aliphatic rings. The van der Waals surface area contributed by atoms with Crippen molar-refractivity contribution in [3.8, 4) is 0 Å². The van der Waals surface area contributed by atoms with Crippen molar-refractivity contribution in [3.63, 3.8) is 0 Å². The minimum atomic E-state index is -0.233. The van der Waals surface area contributed by atoms with Gasteiger partial charge in [-0.15, -0.1) is 0 Å². The number of aliphatic hydroxyl groups excluding tert-OH is 1. The van der Waals surface area contributed by atoms with Crippen LogP contribution in [0.3, 0.4) is 0 Å². The molecule has 1 aromatic rings. The lowest BCUT2D eigenvalue weighted by Gasteiger charge is -2.36. The Hall–Kier alpha value is -0.280. The van der Waals surface area contributed by atoms with Crippen molar-refractivity contribution >= 4 is 23.2 Å². The summed E-state index contributed by atoms with van der Waals surface area (Å²) in [5.74, 6) is 0.247. The Morgan fingerprint density at radius 2 is 2.16 bits per heavy atom. The van der Waals surface area contributed by atoms with Gasteiger partial charge in [-0.3, -0.25) is 0 Å². The Morgan fingerprint density at radius 3 is 2.89 bits per heavy atom. The molecule has 2 nitrogen and oxygen atoms in total. The maximum Gasteiger partial charge on any atom is 0.0624 e. The molecule has 1 aromatic carbocycles. The van der Waals surface area contributed by atoms with Gasteiger partial charge in [0.05, 0.1) is 16.1 Å². The maximum atomic E-state index is 10.2. The van der Waals surface area contributed by atoms with Crippen LogP contribution in [0.15, 0.2) is 18.2 Å². The van der Waals surface area contributed by atoms with E-state index >= 15 is 0 Å². The van der Waals surface area contributed by atoms with Crippen LogP contribution in [-0.2, 0) is 6.42 Å². The molecule has 106 valence electrons. The molecule has 1 N–H and O–H groups in total. The molecule has 4 heteroatoms. The molecule has 19 heavy (non-hydrogen) atoms. The van der Waals surface area contributed by atoms with Crippen LogP contribution >= 0.6 is 23.2 Å². The van der Waals surface area contributed by atoms with Crippen LogP contribution in [0.25, 0.3) is 0 Å². The van der Waals surface area contributed by atoms with Crippen LogP contribution in [0.1, 0.15) is 25.3 Å². The molecule has 0 aliphatic carbocycles. The fourth-order valence-electron chi connectivity index (χ4n) is 2.80. The zero-order valence-electron chi connectivity index (χ0n) is 11.3. The highest BCUT2D eigenvalue weighted by molar-refractivity contribution is 6.42. The molecule has 1 aliphatic heterocycles. The van der Waals surface area contributed by atoms with E-state index in [9.17, 15) is 5.11 Å². The lowest BCUT2D eigenvalue weighted by Crippen LogP contribution is -2.44. The first-order valence-electron chi connectivity index (χ1n) is 6.95. The van der Waals surface area contributed by atoms with E-state index in [4.69, 9.17) is 23.2 Å². The molecule has 2 unspecified atom stereocenters. The predicted molar refractivity (Wildman–Crippen MR) is 81.0 cm³/mol. The second-order valence-corrected chi connectivity index (χ2v) is 6.12. The van der Waals surface area contributed by atoms with E-state index in [1.54, 1.807) is 6.07 Å². The topological polar surface area (TPSA) is 23.5 Å². The average Bonchev–Trinajstić information content (AvgIpc) is 2.39.